The van der Waals surface area contributed by atoms with Gasteiger partial charge < -0.3 is 10.5 Å². The minimum Gasteiger partial charge on any atom is -0.488 e. The van der Waals surface area contributed by atoms with Crippen molar-refractivity contribution in [3.05, 3.63) is 69.2 Å². The topological polar surface area (TPSA) is 76.1 Å². The fourth-order valence-electron chi connectivity index (χ4n) is 1.82. The van der Waals surface area contributed by atoms with Gasteiger partial charge in [0.1, 0.15) is 24.0 Å². The zero-order valence-corrected chi connectivity index (χ0v) is 13.4. The molecule has 0 fully saturated rings. The molecule has 23 heavy (non-hydrogen) atoms. The van der Waals surface area contributed by atoms with Crippen molar-refractivity contribution in [2.75, 3.05) is 0 Å². The van der Waals surface area contributed by atoms with E-state index in [0.29, 0.717) is 28.0 Å². The Labute approximate surface area is 143 Å². The van der Waals surface area contributed by atoms with Crippen molar-refractivity contribution in [3.63, 3.8) is 0 Å². The highest BCUT2D eigenvalue weighted by Crippen LogP contribution is 2.26. The zero-order valence-electron chi connectivity index (χ0n) is 11.9. The number of nitriles is 1. The Morgan fingerprint density at radius 2 is 1.83 bits per heavy atom. The number of nitrogens with two attached hydrogens (primary N) is 1. The lowest BCUT2D eigenvalue weighted by Crippen LogP contribution is -2.12. The molecule has 0 unspecified atom stereocenters. The van der Waals surface area contributed by atoms with Gasteiger partial charge in [-0.05, 0) is 42.0 Å². The molecule has 0 aliphatic carbocycles. The third-order valence-electron chi connectivity index (χ3n) is 2.97. The lowest BCUT2D eigenvalue weighted by atomic mass is 10.1. The fourth-order valence-corrected chi connectivity index (χ4v) is 2.13. The molecule has 0 spiro atoms. The molecule has 2 N–H and O–H groups in total. The van der Waals surface area contributed by atoms with Crippen LogP contribution in [0.15, 0.2) is 48.0 Å². The summed E-state index contributed by atoms with van der Waals surface area (Å²) < 4.78 is 5.74. The van der Waals surface area contributed by atoms with Crippen LogP contribution >= 0.6 is 23.2 Å². The summed E-state index contributed by atoms with van der Waals surface area (Å²) >= 11 is 11.8. The first-order valence-corrected chi connectivity index (χ1v) is 7.33. The maximum absolute atomic E-state index is 11.2. The van der Waals surface area contributed by atoms with Gasteiger partial charge in [-0.25, -0.2) is 0 Å². The van der Waals surface area contributed by atoms with Crippen LogP contribution in [0.2, 0.25) is 10.0 Å². The van der Waals surface area contributed by atoms with E-state index in [1.54, 1.807) is 36.4 Å². The van der Waals surface area contributed by atoms with E-state index in [2.05, 4.69) is 0 Å². The maximum atomic E-state index is 11.2. The van der Waals surface area contributed by atoms with E-state index in [1.807, 2.05) is 12.1 Å². The molecule has 0 aliphatic rings. The van der Waals surface area contributed by atoms with Gasteiger partial charge in [0.05, 0.1) is 0 Å². The van der Waals surface area contributed by atoms with Gasteiger partial charge in [-0.3, -0.25) is 4.79 Å². The van der Waals surface area contributed by atoms with Crippen LogP contribution in [-0.2, 0) is 11.4 Å². The Morgan fingerprint density at radius 1 is 1.17 bits per heavy atom. The predicted octanol–water partition coefficient (Wildman–Crippen LogP) is 3.96. The Bertz CT molecular complexity index is 793. The number of halogens is 2. The van der Waals surface area contributed by atoms with Crippen LogP contribution < -0.4 is 10.5 Å². The number of rotatable bonds is 5. The Hall–Kier alpha value is -2.48. The fraction of sp³-hybridized carbons (Fsp3) is 0.0588. The Balaban J connectivity index is 2.27. The molecule has 2 aromatic rings. The van der Waals surface area contributed by atoms with E-state index in [9.17, 15) is 4.79 Å². The molecule has 0 heterocycles. The largest absolute Gasteiger partial charge is 0.488 e. The molecule has 0 saturated carbocycles. The van der Waals surface area contributed by atoms with Gasteiger partial charge in [0.25, 0.3) is 5.91 Å². The first kappa shape index (κ1) is 16.9. The van der Waals surface area contributed by atoms with Gasteiger partial charge in [0.2, 0.25) is 0 Å². The average molecular weight is 347 g/mol. The van der Waals surface area contributed by atoms with Crippen LogP contribution in [0.1, 0.15) is 11.1 Å². The summed E-state index contributed by atoms with van der Waals surface area (Å²) in [7, 11) is 0. The molecule has 116 valence electrons. The van der Waals surface area contributed by atoms with Crippen molar-refractivity contribution in [3.8, 4) is 11.8 Å². The summed E-state index contributed by atoms with van der Waals surface area (Å²) in [6, 6.07) is 13.9. The number of benzene rings is 2. The molecule has 0 bridgehead atoms. The molecule has 0 aliphatic heterocycles. The van der Waals surface area contributed by atoms with E-state index < -0.39 is 5.91 Å². The van der Waals surface area contributed by atoms with Crippen molar-refractivity contribution in [2.45, 2.75) is 6.61 Å². The second kappa shape index (κ2) is 7.68. The molecule has 0 radical (unpaired) electrons. The Morgan fingerprint density at radius 3 is 2.43 bits per heavy atom. The maximum Gasteiger partial charge on any atom is 0.259 e. The van der Waals surface area contributed by atoms with Crippen molar-refractivity contribution in [1.82, 2.24) is 0 Å². The third-order valence-corrected chi connectivity index (χ3v) is 3.45. The highest BCUT2D eigenvalue weighted by atomic mass is 35.5. The summed E-state index contributed by atoms with van der Waals surface area (Å²) in [6.45, 7) is 0.304. The molecule has 0 saturated heterocycles. The number of hydrogen-bond donors (Lipinski definition) is 1. The van der Waals surface area contributed by atoms with Crippen LogP contribution in [0.4, 0.5) is 0 Å². The molecule has 1 amide bonds. The van der Waals surface area contributed by atoms with E-state index in [1.165, 1.54) is 6.08 Å². The lowest BCUT2D eigenvalue weighted by Gasteiger charge is -2.10. The summed E-state index contributed by atoms with van der Waals surface area (Å²) in [5, 5.41) is 10.0. The first-order chi connectivity index (χ1) is 11.0. The summed E-state index contributed by atoms with van der Waals surface area (Å²) in [5.74, 6) is -0.325. The second-order valence-corrected chi connectivity index (χ2v) is 5.50. The third kappa shape index (κ3) is 4.75. The molecular weight excluding hydrogens is 335 g/mol. The van der Waals surface area contributed by atoms with Crippen LogP contribution in [0.3, 0.4) is 0 Å². The van der Waals surface area contributed by atoms with Crippen molar-refractivity contribution in [2.24, 2.45) is 5.73 Å². The summed E-state index contributed by atoms with van der Waals surface area (Å²) in [6.07, 6.45) is 1.35. The van der Waals surface area contributed by atoms with Gasteiger partial charge >= 0.3 is 0 Å². The quantitative estimate of drug-likeness (QED) is 0.657. The van der Waals surface area contributed by atoms with Crippen molar-refractivity contribution in [1.29, 1.82) is 5.26 Å². The first-order valence-electron chi connectivity index (χ1n) is 6.58. The highest BCUT2D eigenvalue weighted by molar-refractivity contribution is 6.31. The molecule has 0 atom stereocenters. The molecule has 0 aromatic heterocycles. The van der Waals surface area contributed by atoms with E-state index in [-0.39, 0.29) is 5.57 Å². The highest BCUT2D eigenvalue weighted by Gasteiger charge is 2.08. The number of carbonyl (C=O) groups is 1. The molecule has 2 aromatic carbocycles. The predicted molar refractivity (Wildman–Crippen MR) is 90.0 cm³/mol. The molecule has 4 nitrogen and oxygen atoms in total. The number of primary amides is 1. The van der Waals surface area contributed by atoms with E-state index in [0.717, 1.165) is 5.56 Å². The smallest absolute Gasteiger partial charge is 0.259 e. The molecule has 2 rings (SSSR count). The number of carbonyl (C=O) groups excluding carboxylic acids is 1. The summed E-state index contributed by atoms with van der Waals surface area (Å²) in [5.41, 5.74) is 6.40. The standard InChI is InChI=1S/C17H12Cl2N2O2/c18-14-3-1-11(2-4-14)10-23-16-6-5-15(19)8-12(16)7-13(9-20)17(21)22/h1-8H,10H2,(H2,21,22)/b13-7+. The number of ether oxygens (including phenoxy) is 1. The Kier molecular flexibility index (Phi) is 5.64. The van der Waals surface area contributed by atoms with Crippen molar-refractivity contribution >= 4 is 35.2 Å². The second-order valence-electron chi connectivity index (χ2n) is 4.63. The minimum absolute atomic E-state index is 0.177. The zero-order chi connectivity index (χ0) is 16.8. The van der Waals surface area contributed by atoms with Gasteiger partial charge in [0, 0.05) is 15.6 Å². The van der Waals surface area contributed by atoms with Gasteiger partial charge in [-0.2, -0.15) is 5.26 Å². The monoisotopic (exact) mass is 346 g/mol. The number of amides is 1. The van der Waals surface area contributed by atoms with E-state index in [4.69, 9.17) is 38.9 Å². The molecule has 6 heteroatoms. The van der Waals surface area contributed by atoms with Crippen molar-refractivity contribution < 1.29 is 9.53 Å². The lowest BCUT2D eigenvalue weighted by molar-refractivity contribution is -0.114. The average Bonchev–Trinajstić information content (AvgIpc) is 2.53. The van der Waals surface area contributed by atoms with Crippen LogP contribution in [0.25, 0.3) is 6.08 Å². The van der Waals surface area contributed by atoms with Crippen LogP contribution in [0.5, 0.6) is 5.75 Å². The minimum atomic E-state index is -0.809. The van der Waals surface area contributed by atoms with Gasteiger partial charge in [-0.15, -0.1) is 0 Å². The number of hydrogen-bond acceptors (Lipinski definition) is 3. The van der Waals surface area contributed by atoms with Gasteiger partial charge in [-0.1, -0.05) is 35.3 Å². The van der Waals surface area contributed by atoms with E-state index >= 15 is 0 Å². The normalized spacial score (nSPS) is 10.9. The number of nitrogens with zero attached hydrogens (tertiary/aromatic N) is 1. The SMILES string of the molecule is N#C/C(=C\c1cc(Cl)ccc1OCc1ccc(Cl)cc1)C(N)=O. The summed E-state index contributed by atoms with van der Waals surface area (Å²) in [4.78, 5) is 11.2. The van der Waals surface area contributed by atoms with Crippen LogP contribution in [0, 0.1) is 11.3 Å². The van der Waals surface area contributed by atoms with Crippen LogP contribution in [-0.4, -0.2) is 5.91 Å². The molecular formula is C17H12Cl2N2O2. The van der Waals surface area contributed by atoms with Gasteiger partial charge in [0.15, 0.2) is 0 Å².